The Bertz CT molecular complexity index is 367. The number of urea groups is 1. The first-order chi connectivity index (χ1) is 7.31. The van der Waals surface area contributed by atoms with Crippen LogP contribution in [0.5, 0.6) is 0 Å². The van der Waals surface area contributed by atoms with E-state index in [2.05, 4.69) is 33.4 Å². The summed E-state index contributed by atoms with van der Waals surface area (Å²) in [4.78, 5) is 13.2. The van der Waals surface area contributed by atoms with Gasteiger partial charge in [0.05, 0.1) is 0 Å². The summed E-state index contributed by atoms with van der Waals surface area (Å²) in [5.41, 5.74) is 2.24. The van der Waals surface area contributed by atoms with E-state index in [1.54, 1.807) is 4.90 Å². The van der Waals surface area contributed by atoms with Crippen LogP contribution in [0.2, 0.25) is 0 Å². The van der Waals surface area contributed by atoms with Gasteiger partial charge in [-0.25, -0.2) is 4.79 Å². The van der Waals surface area contributed by atoms with Crippen LogP contribution in [0.15, 0.2) is 24.3 Å². The molecule has 0 atom stereocenters. The van der Waals surface area contributed by atoms with Crippen molar-refractivity contribution in [3.8, 4) is 0 Å². The summed E-state index contributed by atoms with van der Waals surface area (Å²) in [6, 6.07) is 8.14. The standard InChI is InChI=1S/C11H13BrN2O/c12-5-4-9-2-1-3-10(8-9)14-7-6-13-11(14)15/h1-3,8H,4-7H2,(H,13,15). The minimum atomic E-state index is 0.00555. The lowest BCUT2D eigenvalue weighted by Crippen LogP contribution is -2.27. The summed E-state index contributed by atoms with van der Waals surface area (Å²) in [7, 11) is 0. The van der Waals surface area contributed by atoms with Gasteiger partial charge in [0.1, 0.15) is 0 Å². The largest absolute Gasteiger partial charge is 0.336 e. The topological polar surface area (TPSA) is 32.3 Å². The van der Waals surface area contributed by atoms with E-state index in [1.807, 2.05) is 12.1 Å². The third kappa shape index (κ3) is 2.31. The second kappa shape index (κ2) is 4.66. The Morgan fingerprint density at radius 1 is 1.47 bits per heavy atom. The Kier molecular flexibility index (Phi) is 3.26. The van der Waals surface area contributed by atoms with Gasteiger partial charge in [0, 0.05) is 24.1 Å². The van der Waals surface area contributed by atoms with E-state index < -0.39 is 0 Å². The van der Waals surface area contributed by atoms with E-state index in [0.717, 1.165) is 30.5 Å². The molecule has 1 fully saturated rings. The van der Waals surface area contributed by atoms with E-state index in [-0.39, 0.29) is 6.03 Å². The van der Waals surface area contributed by atoms with Crippen molar-refractivity contribution in [2.75, 3.05) is 23.3 Å². The second-order valence-electron chi connectivity index (χ2n) is 3.49. The monoisotopic (exact) mass is 268 g/mol. The van der Waals surface area contributed by atoms with E-state index >= 15 is 0 Å². The molecule has 3 nitrogen and oxygen atoms in total. The molecule has 1 N–H and O–H groups in total. The SMILES string of the molecule is O=C1NCCN1c1cccc(CCBr)c1. The second-order valence-corrected chi connectivity index (χ2v) is 4.29. The highest BCUT2D eigenvalue weighted by molar-refractivity contribution is 9.09. The molecule has 0 saturated carbocycles. The number of anilines is 1. The molecular weight excluding hydrogens is 256 g/mol. The highest BCUT2D eigenvalue weighted by atomic mass is 79.9. The Labute approximate surface area is 97.6 Å². The third-order valence-corrected chi connectivity index (χ3v) is 2.86. The average molecular weight is 269 g/mol. The lowest BCUT2D eigenvalue weighted by molar-refractivity contribution is 0.252. The number of hydrogen-bond acceptors (Lipinski definition) is 1. The molecule has 1 aliphatic heterocycles. The number of halogens is 1. The van der Waals surface area contributed by atoms with Crippen LogP contribution < -0.4 is 10.2 Å². The molecule has 1 aromatic rings. The van der Waals surface area contributed by atoms with E-state index in [1.165, 1.54) is 5.56 Å². The molecule has 0 bridgehead atoms. The number of carbonyl (C=O) groups is 1. The van der Waals surface area contributed by atoms with Crippen LogP contribution in [0, 0.1) is 0 Å². The lowest BCUT2D eigenvalue weighted by atomic mass is 10.1. The van der Waals surface area contributed by atoms with Crippen LogP contribution in [0.4, 0.5) is 10.5 Å². The zero-order valence-electron chi connectivity index (χ0n) is 8.37. The van der Waals surface area contributed by atoms with E-state index in [0.29, 0.717) is 0 Å². The third-order valence-electron chi connectivity index (χ3n) is 2.46. The number of nitrogens with one attached hydrogen (secondary N) is 1. The van der Waals surface area contributed by atoms with Crippen LogP contribution in [-0.2, 0) is 6.42 Å². The van der Waals surface area contributed by atoms with E-state index in [9.17, 15) is 4.79 Å². The molecule has 0 radical (unpaired) electrons. The number of benzene rings is 1. The van der Waals surface area contributed by atoms with Gasteiger partial charge in [-0.05, 0) is 24.1 Å². The molecule has 0 aliphatic carbocycles. The highest BCUT2D eigenvalue weighted by Gasteiger charge is 2.20. The molecule has 4 heteroatoms. The Morgan fingerprint density at radius 2 is 2.33 bits per heavy atom. The fourth-order valence-electron chi connectivity index (χ4n) is 1.71. The van der Waals surface area contributed by atoms with Crippen LogP contribution in [0.25, 0.3) is 0 Å². The summed E-state index contributed by atoms with van der Waals surface area (Å²) >= 11 is 3.41. The van der Waals surface area contributed by atoms with E-state index in [4.69, 9.17) is 0 Å². The quantitative estimate of drug-likeness (QED) is 0.838. The Balaban J connectivity index is 2.20. The molecule has 0 unspecified atom stereocenters. The normalized spacial score (nSPS) is 15.5. The zero-order valence-corrected chi connectivity index (χ0v) is 9.96. The molecule has 1 heterocycles. The van der Waals surface area contributed by atoms with Gasteiger partial charge < -0.3 is 5.32 Å². The molecule has 1 aliphatic rings. The number of amides is 2. The Hall–Kier alpha value is -1.03. The number of aryl methyl sites for hydroxylation is 1. The maximum absolute atomic E-state index is 11.4. The van der Waals surface area contributed by atoms with Crippen LogP contribution in [-0.4, -0.2) is 24.5 Å². The maximum Gasteiger partial charge on any atom is 0.321 e. The summed E-state index contributed by atoms with van der Waals surface area (Å²) < 4.78 is 0. The van der Waals surface area contributed by atoms with Crippen molar-refractivity contribution in [2.24, 2.45) is 0 Å². The van der Waals surface area contributed by atoms with Crippen molar-refractivity contribution in [3.63, 3.8) is 0 Å². The molecule has 1 saturated heterocycles. The molecule has 80 valence electrons. The van der Waals surface area contributed by atoms with Crippen molar-refractivity contribution in [1.82, 2.24) is 5.32 Å². The van der Waals surface area contributed by atoms with Crippen molar-refractivity contribution in [3.05, 3.63) is 29.8 Å². The minimum Gasteiger partial charge on any atom is -0.336 e. The van der Waals surface area contributed by atoms with Gasteiger partial charge >= 0.3 is 6.03 Å². The Morgan fingerprint density at radius 3 is 3.00 bits per heavy atom. The fraction of sp³-hybridized carbons (Fsp3) is 0.364. The molecule has 1 aromatic carbocycles. The van der Waals surface area contributed by atoms with Crippen molar-refractivity contribution >= 4 is 27.6 Å². The first-order valence-corrected chi connectivity index (χ1v) is 6.13. The maximum atomic E-state index is 11.4. The smallest absolute Gasteiger partial charge is 0.321 e. The average Bonchev–Trinajstić information content (AvgIpc) is 2.65. The molecule has 0 aromatic heterocycles. The van der Waals surface area contributed by atoms with Crippen molar-refractivity contribution < 1.29 is 4.79 Å². The highest BCUT2D eigenvalue weighted by Crippen LogP contribution is 2.18. The van der Waals surface area contributed by atoms with Crippen LogP contribution in [0.3, 0.4) is 0 Å². The molecule has 2 rings (SSSR count). The zero-order chi connectivity index (χ0) is 10.7. The van der Waals surface area contributed by atoms with Gasteiger partial charge in [-0.2, -0.15) is 0 Å². The van der Waals surface area contributed by atoms with Crippen molar-refractivity contribution in [2.45, 2.75) is 6.42 Å². The lowest BCUT2D eigenvalue weighted by Gasteiger charge is -2.14. The van der Waals surface area contributed by atoms with Crippen LogP contribution >= 0.6 is 15.9 Å². The molecule has 15 heavy (non-hydrogen) atoms. The summed E-state index contributed by atoms with van der Waals surface area (Å²) in [5, 5.41) is 3.74. The van der Waals surface area contributed by atoms with Crippen molar-refractivity contribution in [1.29, 1.82) is 0 Å². The number of nitrogens with zero attached hydrogens (tertiary/aromatic N) is 1. The number of rotatable bonds is 3. The number of alkyl halides is 1. The first-order valence-electron chi connectivity index (χ1n) is 5.01. The van der Waals surface area contributed by atoms with Gasteiger partial charge in [-0.15, -0.1) is 0 Å². The minimum absolute atomic E-state index is 0.00555. The summed E-state index contributed by atoms with van der Waals surface area (Å²) in [6.45, 7) is 1.50. The van der Waals surface area contributed by atoms with Gasteiger partial charge in [0.15, 0.2) is 0 Å². The van der Waals surface area contributed by atoms with Gasteiger partial charge in [-0.1, -0.05) is 28.1 Å². The summed E-state index contributed by atoms with van der Waals surface area (Å²) in [6.07, 6.45) is 0.989. The van der Waals surface area contributed by atoms with Gasteiger partial charge in [0.25, 0.3) is 0 Å². The van der Waals surface area contributed by atoms with Crippen LogP contribution in [0.1, 0.15) is 5.56 Å². The summed E-state index contributed by atoms with van der Waals surface area (Å²) in [5.74, 6) is 0. The van der Waals surface area contributed by atoms with Gasteiger partial charge in [-0.3, -0.25) is 4.90 Å². The molecular formula is C11H13BrN2O. The number of hydrogen-bond donors (Lipinski definition) is 1. The molecule has 2 amide bonds. The van der Waals surface area contributed by atoms with Gasteiger partial charge in [0.2, 0.25) is 0 Å². The number of carbonyl (C=O) groups excluding carboxylic acids is 1. The predicted octanol–water partition coefficient (Wildman–Crippen LogP) is 2.15. The predicted molar refractivity (Wildman–Crippen MR) is 64.7 cm³/mol. The first kappa shape index (κ1) is 10.5. The fourth-order valence-corrected chi connectivity index (χ4v) is 2.16. The molecule has 0 spiro atoms.